The van der Waals surface area contributed by atoms with Gasteiger partial charge in [-0.3, -0.25) is 0 Å². The van der Waals surface area contributed by atoms with E-state index in [0.717, 1.165) is 5.17 Å². The highest BCUT2D eigenvalue weighted by molar-refractivity contribution is 7.88. The third-order valence-electron chi connectivity index (χ3n) is 2.49. The topological polar surface area (TPSA) is 43.4 Å². The molecule has 8 heteroatoms. The Bertz CT molecular complexity index is 537. The number of alkyl halides is 3. The summed E-state index contributed by atoms with van der Waals surface area (Å²) >= 11 is 0. The number of rotatable bonds is 2. The fourth-order valence-corrected chi connectivity index (χ4v) is 3.06. The SMILES string of the molecule is Cc1c(OS(=O)(=O)C(F)(F)F)cc[si](C)c1C. The lowest BCUT2D eigenvalue weighted by molar-refractivity contribution is -0.0500. The van der Waals surface area contributed by atoms with Crippen molar-refractivity contribution in [1.82, 2.24) is 0 Å². The molecule has 0 aliphatic heterocycles. The summed E-state index contributed by atoms with van der Waals surface area (Å²) in [6.07, 6.45) is 0. The fourth-order valence-electron chi connectivity index (χ4n) is 1.19. The third-order valence-corrected chi connectivity index (χ3v) is 5.68. The molecule has 0 atom stereocenters. The molecule has 0 amide bonds. The molecule has 0 fully saturated rings. The van der Waals surface area contributed by atoms with Crippen molar-refractivity contribution in [3.63, 3.8) is 0 Å². The highest BCUT2D eigenvalue weighted by Gasteiger charge is 2.48. The van der Waals surface area contributed by atoms with Crippen molar-refractivity contribution in [3.8, 4) is 5.75 Å². The van der Waals surface area contributed by atoms with Gasteiger partial charge < -0.3 is 4.18 Å². The van der Waals surface area contributed by atoms with E-state index in [2.05, 4.69) is 4.18 Å². The van der Waals surface area contributed by atoms with Crippen LogP contribution in [0.1, 0.15) is 10.7 Å². The Hall–Kier alpha value is -0.893. The highest BCUT2D eigenvalue weighted by atomic mass is 32.2. The zero-order valence-corrected chi connectivity index (χ0v) is 11.2. The van der Waals surface area contributed by atoms with Gasteiger partial charge in [0.1, 0.15) is 5.75 Å². The largest absolute Gasteiger partial charge is 0.534 e. The van der Waals surface area contributed by atoms with Crippen LogP contribution in [0.5, 0.6) is 5.75 Å². The average Bonchev–Trinajstić information content (AvgIpc) is 2.17. The van der Waals surface area contributed by atoms with E-state index in [-0.39, 0.29) is 5.75 Å². The standard InChI is InChI=1S/C9H11F3O3SSi/c1-6-7(2)17(3)5-4-8(6)15-16(13,14)9(10,11)12/h4-5H,1-3H3. The molecule has 0 radical (unpaired) electrons. The summed E-state index contributed by atoms with van der Waals surface area (Å²) in [6, 6.07) is 1.29. The van der Waals surface area contributed by atoms with Crippen LogP contribution in [0.2, 0.25) is 0 Å². The van der Waals surface area contributed by atoms with Crippen molar-refractivity contribution in [3.05, 3.63) is 22.5 Å². The predicted octanol–water partition coefficient (Wildman–Crippen LogP) is 2.09. The minimum absolute atomic E-state index is 0.254. The minimum Gasteiger partial charge on any atom is -0.376 e. The molecule has 0 bridgehead atoms. The Morgan fingerprint density at radius 3 is 2.29 bits per heavy atom. The van der Waals surface area contributed by atoms with Crippen LogP contribution in [0.4, 0.5) is 13.2 Å². The number of hydrogen-bond donors (Lipinski definition) is 0. The van der Waals surface area contributed by atoms with Gasteiger partial charge in [-0.2, -0.15) is 21.6 Å². The van der Waals surface area contributed by atoms with Crippen LogP contribution in [0.3, 0.4) is 0 Å². The summed E-state index contributed by atoms with van der Waals surface area (Å²) in [5.74, 6) is -0.254. The Kier molecular flexibility index (Phi) is 3.68. The zero-order chi connectivity index (χ0) is 13.4. The molecule has 1 heterocycles. The summed E-state index contributed by atoms with van der Waals surface area (Å²) in [5, 5.41) is 0.880. The second kappa shape index (κ2) is 4.41. The summed E-state index contributed by atoms with van der Waals surface area (Å²) in [7, 11) is -6.50. The van der Waals surface area contributed by atoms with Gasteiger partial charge in [-0.25, -0.2) is 0 Å². The lowest BCUT2D eigenvalue weighted by atomic mass is 10.3. The molecule has 0 N–H and O–H groups in total. The highest BCUT2D eigenvalue weighted by Crippen LogP contribution is 2.29. The summed E-state index contributed by atoms with van der Waals surface area (Å²) in [4.78, 5) is 0. The van der Waals surface area contributed by atoms with Crippen molar-refractivity contribution in [2.45, 2.75) is 19.4 Å². The Balaban J connectivity index is 3.19. The van der Waals surface area contributed by atoms with E-state index in [1.165, 1.54) is 6.07 Å². The number of aryl methyl sites for hydroxylation is 1. The second-order valence-corrected chi connectivity index (χ2v) is 7.60. The number of hydrogen-bond acceptors (Lipinski definition) is 3. The van der Waals surface area contributed by atoms with E-state index in [4.69, 9.17) is 0 Å². The van der Waals surface area contributed by atoms with Gasteiger partial charge in [0.2, 0.25) is 0 Å². The lowest BCUT2D eigenvalue weighted by Crippen LogP contribution is -2.28. The Morgan fingerprint density at radius 1 is 1.29 bits per heavy atom. The van der Waals surface area contributed by atoms with Crippen LogP contribution >= 0.6 is 0 Å². The summed E-state index contributed by atoms with van der Waals surface area (Å²) in [5.41, 5.74) is -3.26. The first-order valence-electron chi connectivity index (χ1n) is 4.64. The van der Waals surface area contributed by atoms with Crippen LogP contribution in [-0.2, 0) is 16.7 Å². The van der Waals surface area contributed by atoms with Gasteiger partial charge >= 0.3 is 15.6 Å². The van der Waals surface area contributed by atoms with Gasteiger partial charge in [0.25, 0.3) is 0 Å². The van der Waals surface area contributed by atoms with Crippen LogP contribution in [0.25, 0.3) is 0 Å². The molecule has 3 nitrogen and oxygen atoms in total. The zero-order valence-electron chi connectivity index (χ0n) is 9.42. The third kappa shape index (κ3) is 2.86. The van der Waals surface area contributed by atoms with E-state index in [0.29, 0.717) is 5.56 Å². The van der Waals surface area contributed by atoms with E-state index in [1.54, 1.807) is 19.5 Å². The Labute approximate surface area is 98.9 Å². The Morgan fingerprint density at radius 2 is 1.82 bits per heavy atom. The maximum absolute atomic E-state index is 12.1. The molecule has 1 rings (SSSR count). The van der Waals surface area contributed by atoms with Crippen molar-refractivity contribution in [1.29, 1.82) is 0 Å². The quantitative estimate of drug-likeness (QED) is 0.474. The van der Waals surface area contributed by atoms with Crippen LogP contribution < -0.4 is 4.18 Å². The van der Waals surface area contributed by atoms with E-state index < -0.39 is 24.0 Å². The smallest absolute Gasteiger partial charge is 0.376 e. The van der Waals surface area contributed by atoms with Crippen molar-refractivity contribution in [2.24, 2.45) is 6.55 Å². The molecule has 1 aromatic rings. The molecular formula is C9H11F3O3SSi. The average molecular weight is 284 g/mol. The fraction of sp³-hybridized carbons (Fsp3) is 0.444. The van der Waals surface area contributed by atoms with Crippen LogP contribution in [-0.4, -0.2) is 22.3 Å². The molecule has 96 valence electrons. The molecule has 0 aliphatic rings. The van der Waals surface area contributed by atoms with Crippen LogP contribution in [0.15, 0.2) is 11.7 Å². The molecule has 0 unspecified atom stereocenters. The molecule has 0 spiro atoms. The van der Waals surface area contributed by atoms with Crippen molar-refractivity contribution < 1.29 is 25.8 Å². The molecule has 0 aromatic carbocycles. The van der Waals surface area contributed by atoms with Gasteiger partial charge in [0, 0.05) is 8.40 Å². The van der Waals surface area contributed by atoms with E-state index in [1.807, 2.05) is 6.55 Å². The minimum atomic E-state index is -5.58. The van der Waals surface area contributed by atoms with Crippen LogP contribution in [0, 0.1) is 13.8 Å². The van der Waals surface area contributed by atoms with Gasteiger partial charge in [-0.05, 0) is 25.5 Å². The molecular weight excluding hydrogens is 273 g/mol. The molecule has 0 saturated carbocycles. The first kappa shape index (κ1) is 14.2. The first-order chi connectivity index (χ1) is 7.56. The predicted molar refractivity (Wildman–Crippen MR) is 58.4 cm³/mol. The van der Waals surface area contributed by atoms with E-state index >= 15 is 0 Å². The van der Waals surface area contributed by atoms with Gasteiger partial charge in [0.15, 0.2) is 0 Å². The van der Waals surface area contributed by atoms with Crippen molar-refractivity contribution >= 4 is 18.5 Å². The monoisotopic (exact) mass is 284 g/mol. The maximum atomic E-state index is 12.1. The molecule has 0 saturated heterocycles. The lowest BCUT2D eigenvalue weighted by Gasteiger charge is -2.13. The van der Waals surface area contributed by atoms with Gasteiger partial charge in [-0.1, -0.05) is 17.4 Å². The maximum Gasteiger partial charge on any atom is 0.534 e. The van der Waals surface area contributed by atoms with Crippen molar-refractivity contribution in [2.75, 3.05) is 0 Å². The second-order valence-electron chi connectivity index (χ2n) is 3.61. The van der Waals surface area contributed by atoms with Gasteiger partial charge in [0.05, 0.1) is 0 Å². The molecule has 1 aromatic heterocycles. The molecule has 17 heavy (non-hydrogen) atoms. The number of halogens is 3. The summed E-state index contributed by atoms with van der Waals surface area (Å²) < 4.78 is 62.2. The normalized spacial score (nSPS) is 12.6. The molecule has 0 aliphatic carbocycles. The first-order valence-corrected chi connectivity index (χ1v) is 8.12. The summed E-state index contributed by atoms with van der Waals surface area (Å²) in [6.45, 7) is 5.26. The van der Waals surface area contributed by atoms with Gasteiger partial charge in [-0.15, -0.1) is 0 Å². The van der Waals surface area contributed by atoms with E-state index in [9.17, 15) is 21.6 Å².